The van der Waals surface area contributed by atoms with Gasteiger partial charge in [0, 0.05) is 31.3 Å². The highest BCUT2D eigenvalue weighted by Gasteiger charge is 2.32. The number of hydrogen-bond acceptors (Lipinski definition) is 4. The van der Waals surface area contributed by atoms with Gasteiger partial charge in [-0.05, 0) is 33.1 Å². The molecule has 2 N–H and O–H groups in total. The van der Waals surface area contributed by atoms with Crippen molar-refractivity contribution in [1.29, 1.82) is 0 Å². The van der Waals surface area contributed by atoms with E-state index in [0.29, 0.717) is 18.9 Å². The second kappa shape index (κ2) is 7.88. The van der Waals surface area contributed by atoms with Crippen LogP contribution in [-0.2, 0) is 19.9 Å². The summed E-state index contributed by atoms with van der Waals surface area (Å²) in [5, 5.41) is 16.2. The number of hydrogen-bond donors (Lipinski definition) is 2. The van der Waals surface area contributed by atoms with Crippen LogP contribution in [0.15, 0.2) is 12.3 Å². The molecule has 8 nitrogen and oxygen atoms in total. The molecule has 0 bridgehead atoms. The highest BCUT2D eigenvalue weighted by Crippen LogP contribution is 2.21. The Balaban J connectivity index is 2.01. The SMILES string of the molecule is CCC(C)C(=O)N1CCCC(C(=O)Nc2ccn(C(C)(C)C(=O)O)n2)C1. The van der Waals surface area contributed by atoms with Crippen molar-refractivity contribution in [3.8, 4) is 0 Å². The summed E-state index contributed by atoms with van der Waals surface area (Å²) in [5.74, 6) is -1.11. The van der Waals surface area contributed by atoms with E-state index in [2.05, 4.69) is 10.4 Å². The molecule has 2 atom stereocenters. The maximum Gasteiger partial charge on any atom is 0.331 e. The molecule has 1 fully saturated rings. The minimum atomic E-state index is -1.20. The summed E-state index contributed by atoms with van der Waals surface area (Å²) in [6, 6.07) is 1.58. The fourth-order valence-corrected chi connectivity index (χ4v) is 2.91. The minimum Gasteiger partial charge on any atom is -0.479 e. The zero-order valence-corrected chi connectivity index (χ0v) is 15.9. The molecule has 1 aliphatic heterocycles. The Kier molecular flexibility index (Phi) is 6.05. The van der Waals surface area contributed by atoms with Gasteiger partial charge in [0.1, 0.15) is 0 Å². The van der Waals surface area contributed by atoms with Gasteiger partial charge in [-0.15, -0.1) is 0 Å². The predicted octanol–water partition coefficient (Wildman–Crippen LogP) is 1.93. The van der Waals surface area contributed by atoms with Crippen LogP contribution in [-0.4, -0.2) is 50.7 Å². The topological polar surface area (TPSA) is 105 Å². The van der Waals surface area contributed by atoms with Crippen molar-refractivity contribution < 1.29 is 19.5 Å². The Morgan fingerprint density at radius 1 is 1.42 bits per heavy atom. The summed E-state index contributed by atoms with van der Waals surface area (Å²) in [5.41, 5.74) is -1.20. The molecule has 2 unspecified atom stereocenters. The summed E-state index contributed by atoms with van der Waals surface area (Å²) < 4.78 is 1.31. The highest BCUT2D eigenvalue weighted by atomic mass is 16.4. The molecular weight excluding hydrogens is 336 g/mol. The molecule has 144 valence electrons. The van der Waals surface area contributed by atoms with Crippen LogP contribution in [0.25, 0.3) is 0 Å². The molecular formula is C18H28N4O4. The smallest absolute Gasteiger partial charge is 0.331 e. The monoisotopic (exact) mass is 364 g/mol. The van der Waals surface area contributed by atoms with E-state index in [1.165, 1.54) is 24.7 Å². The molecule has 1 aromatic rings. The lowest BCUT2D eigenvalue weighted by Crippen LogP contribution is -2.45. The van der Waals surface area contributed by atoms with Crippen molar-refractivity contribution in [3.63, 3.8) is 0 Å². The summed E-state index contributed by atoms with van der Waals surface area (Å²) in [4.78, 5) is 38.0. The van der Waals surface area contributed by atoms with E-state index in [-0.39, 0.29) is 23.7 Å². The molecule has 0 radical (unpaired) electrons. The summed E-state index contributed by atoms with van der Waals surface area (Å²) in [7, 11) is 0. The van der Waals surface area contributed by atoms with Gasteiger partial charge in [-0.1, -0.05) is 13.8 Å². The Hall–Kier alpha value is -2.38. The van der Waals surface area contributed by atoms with Gasteiger partial charge in [0.15, 0.2) is 11.4 Å². The fraction of sp³-hybridized carbons (Fsp3) is 0.667. The third-order valence-electron chi connectivity index (χ3n) is 5.07. The molecule has 2 amide bonds. The van der Waals surface area contributed by atoms with Gasteiger partial charge in [0.05, 0.1) is 5.92 Å². The lowest BCUT2D eigenvalue weighted by atomic mass is 9.95. The Labute approximate surface area is 153 Å². The number of rotatable bonds is 6. The van der Waals surface area contributed by atoms with Gasteiger partial charge in [0.25, 0.3) is 0 Å². The van der Waals surface area contributed by atoms with E-state index in [1.807, 2.05) is 13.8 Å². The molecule has 0 aromatic carbocycles. The van der Waals surface area contributed by atoms with E-state index in [4.69, 9.17) is 0 Å². The third-order valence-corrected chi connectivity index (χ3v) is 5.07. The van der Waals surface area contributed by atoms with E-state index >= 15 is 0 Å². The van der Waals surface area contributed by atoms with E-state index in [0.717, 1.165) is 19.3 Å². The Morgan fingerprint density at radius 3 is 2.73 bits per heavy atom. The van der Waals surface area contributed by atoms with Gasteiger partial charge in [-0.2, -0.15) is 5.10 Å². The van der Waals surface area contributed by atoms with Crippen LogP contribution in [0.4, 0.5) is 5.82 Å². The van der Waals surface area contributed by atoms with Crippen LogP contribution < -0.4 is 5.32 Å². The van der Waals surface area contributed by atoms with E-state index in [1.54, 1.807) is 11.0 Å². The van der Waals surface area contributed by atoms with Crippen molar-refractivity contribution in [2.45, 2.75) is 52.5 Å². The summed E-state index contributed by atoms with van der Waals surface area (Å²) in [6.07, 6.45) is 3.82. The lowest BCUT2D eigenvalue weighted by Gasteiger charge is -2.33. The maximum absolute atomic E-state index is 12.6. The second-order valence-electron chi connectivity index (χ2n) is 7.43. The molecule has 0 spiro atoms. The molecule has 0 saturated carbocycles. The molecule has 26 heavy (non-hydrogen) atoms. The first-order valence-corrected chi connectivity index (χ1v) is 9.06. The third kappa shape index (κ3) is 4.23. The van der Waals surface area contributed by atoms with Crippen molar-refractivity contribution in [1.82, 2.24) is 14.7 Å². The first-order valence-electron chi connectivity index (χ1n) is 9.06. The summed E-state index contributed by atoms with van der Waals surface area (Å²) >= 11 is 0. The standard InChI is InChI=1S/C18H28N4O4/c1-5-12(2)16(24)21-9-6-7-13(11-21)15(23)19-14-8-10-22(20-14)18(3,4)17(25)26/h8,10,12-13H,5-7,9,11H2,1-4H3,(H,25,26)(H,19,20,23). The van der Waals surface area contributed by atoms with Crippen molar-refractivity contribution in [2.75, 3.05) is 18.4 Å². The number of carbonyl (C=O) groups excluding carboxylic acids is 2. The number of aromatic nitrogens is 2. The number of carboxylic acid groups (broad SMARTS) is 1. The molecule has 1 saturated heterocycles. The van der Waals surface area contributed by atoms with Crippen LogP contribution in [0.1, 0.15) is 47.0 Å². The predicted molar refractivity (Wildman–Crippen MR) is 96.6 cm³/mol. The number of carbonyl (C=O) groups is 3. The zero-order valence-electron chi connectivity index (χ0n) is 15.9. The number of likely N-dealkylation sites (tertiary alicyclic amines) is 1. The number of nitrogens with zero attached hydrogens (tertiary/aromatic N) is 3. The molecule has 8 heteroatoms. The Morgan fingerprint density at radius 2 is 2.12 bits per heavy atom. The highest BCUT2D eigenvalue weighted by molar-refractivity contribution is 5.92. The van der Waals surface area contributed by atoms with Gasteiger partial charge < -0.3 is 15.3 Å². The lowest BCUT2D eigenvalue weighted by molar-refractivity contribution is -0.146. The molecule has 1 aliphatic rings. The molecule has 0 aliphatic carbocycles. The van der Waals surface area contributed by atoms with Crippen LogP contribution >= 0.6 is 0 Å². The van der Waals surface area contributed by atoms with Gasteiger partial charge >= 0.3 is 5.97 Å². The van der Waals surface area contributed by atoms with E-state index < -0.39 is 11.5 Å². The Bertz CT molecular complexity index is 682. The normalized spacial score (nSPS) is 19.1. The van der Waals surface area contributed by atoms with Gasteiger partial charge in [-0.3, -0.25) is 14.3 Å². The second-order valence-corrected chi connectivity index (χ2v) is 7.43. The first kappa shape index (κ1) is 19.9. The van der Waals surface area contributed by atoms with Crippen LogP contribution in [0.5, 0.6) is 0 Å². The first-order chi connectivity index (χ1) is 12.2. The van der Waals surface area contributed by atoms with Gasteiger partial charge in [-0.25, -0.2) is 4.79 Å². The van der Waals surface area contributed by atoms with Crippen molar-refractivity contribution in [2.24, 2.45) is 11.8 Å². The summed E-state index contributed by atoms with van der Waals surface area (Å²) in [6.45, 7) is 8.06. The van der Waals surface area contributed by atoms with Crippen LogP contribution in [0.2, 0.25) is 0 Å². The molecule has 2 rings (SSSR count). The van der Waals surface area contributed by atoms with E-state index in [9.17, 15) is 19.5 Å². The molecule has 2 heterocycles. The number of nitrogens with one attached hydrogen (secondary N) is 1. The van der Waals surface area contributed by atoms with Crippen LogP contribution in [0, 0.1) is 11.8 Å². The quantitative estimate of drug-likeness (QED) is 0.802. The number of aliphatic carboxylic acids is 1. The number of anilines is 1. The number of carboxylic acids is 1. The average Bonchev–Trinajstić information content (AvgIpc) is 3.09. The zero-order chi connectivity index (χ0) is 19.5. The maximum atomic E-state index is 12.6. The van der Waals surface area contributed by atoms with Crippen LogP contribution in [0.3, 0.4) is 0 Å². The largest absolute Gasteiger partial charge is 0.479 e. The van der Waals surface area contributed by atoms with Gasteiger partial charge in [0.2, 0.25) is 11.8 Å². The number of piperidine rings is 1. The average molecular weight is 364 g/mol. The minimum absolute atomic E-state index is 0.0363. The molecule has 1 aromatic heterocycles. The van der Waals surface area contributed by atoms with Crippen molar-refractivity contribution >= 4 is 23.6 Å². The number of amides is 2. The van der Waals surface area contributed by atoms with Crippen molar-refractivity contribution in [3.05, 3.63) is 12.3 Å². The fourth-order valence-electron chi connectivity index (χ4n) is 2.91.